The molecule has 16 heavy (non-hydrogen) atoms. The minimum Gasteiger partial charge on any atom is -0.235 e. The fourth-order valence-corrected chi connectivity index (χ4v) is 4.99. The van der Waals surface area contributed by atoms with Crippen molar-refractivity contribution in [1.29, 1.82) is 0 Å². The summed E-state index contributed by atoms with van der Waals surface area (Å²) in [5, 5.41) is 2.14. The lowest BCUT2D eigenvalue weighted by atomic mass is 9.77. The lowest BCUT2D eigenvalue weighted by Crippen LogP contribution is -2.28. The predicted octanol–water partition coefficient (Wildman–Crippen LogP) is 4.42. The first-order valence-corrected chi connectivity index (χ1v) is 8.40. The van der Waals surface area contributed by atoms with Gasteiger partial charge in [0.2, 0.25) is 0 Å². The number of thiol groups is 1. The van der Waals surface area contributed by atoms with Crippen LogP contribution in [0.15, 0.2) is 9.72 Å². The molecule has 0 unspecified atom stereocenters. The van der Waals surface area contributed by atoms with Gasteiger partial charge in [-0.05, 0) is 30.9 Å². The van der Waals surface area contributed by atoms with Gasteiger partial charge < -0.3 is 0 Å². The highest BCUT2D eigenvalue weighted by molar-refractivity contribution is 8.01. The zero-order valence-corrected chi connectivity index (χ0v) is 12.3. The average Bonchev–Trinajstić information content (AvgIpc) is 2.74. The number of thioether (sulfide) groups is 1. The van der Waals surface area contributed by atoms with Gasteiger partial charge in [0.1, 0.15) is 4.34 Å². The molecule has 1 heterocycles. The molecule has 0 radical (unpaired) electrons. The van der Waals surface area contributed by atoms with E-state index >= 15 is 0 Å². The minimum atomic E-state index is 0.478. The molecule has 1 aliphatic carbocycles. The number of aryl methyl sites for hydroxylation is 1. The second-order valence-electron chi connectivity index (χ2n) is 4.76. The van der Waals surface area contributed by atoms with Crippen LogP contribution in [0.4, 0.5) is 0 Å². The molecule has 0 aliphatic heterocycles. The molecule has 4 heteroatoms. The Morgan fingerprint density at radius 2 is 2.19 bits per heavy atom. The lowest BCUT2D eigenvalue weighted by Gasteiger charge is -2.35. The molecule has 1 saturated carbocycles. The Kier molecular flexibility index (Phi) is 4.62. The molecule has 0 atom stereocenters. The third kappa shape index (κ3) is 3.17. The largest absolute Gasteiger partial charge is 0.235 e. The van der Waals surface area contributed by atoms with E-state index < -0.39 is 0 Å². The standard InChI is InChI=1S/C12H19NS3/c1-10-7-15-11(13-10)16-9-12(8-14)5-3-2-4-6-12/h7,14H,2-6,8-9H2,1H3. The maximum Gasteiger partial charge on any atom is 0.150 e. The van der Waals surface area contributed by atoms with Crippen molar-refractivity contribution in [2.24, 2.45) is 5.41 Å². The van der Waals surface area contributed by atoms with Crippen LogP contribution < -0.4 is 0 Å². The van der Waals surface area contributed by atoms with Crippen LogP contribution in [0.1, 0.15) is 37.8 Å². The molecule has 1 aromatic rings. The first-order chi connectivity index (χ1) is 7.74. The number of hydrogen-bond acceptors (Lipinski definition) is 4. The third-order valence-corrected chi connectivity index (χ3v) is 6.51. The Hall–Kier alpha value is 0.330. The van der Waals surface area contributed by atoms with E-state index in [1.807, 2.05) is 11.8 Å². The molecule has 0 aromatic carbocycles. The van der Waals surface area contributed by atoms with Gasteiger partial charge in [0, 0.05) is 16.8 Å². The molecular weight excluding hydrogens is 254 g/mol. The predicted molar refractivity (Wildman–Crippen MR) is 76.9 cm³/mol. The molecule has 0 bridgehead atoms. The summed E-state index contributed by atoms with van der Waals surface area (Å²) in [6, 6.07) is 0. The van der Waals surface area contributed by atoms with Crippen LogP contribution in [-0.4, -0.2) is 16.5 Å². The van der Waals surface area contributed by atoms with Gasteiger partial charge in [0.15, 0.2) is 0 Å². The smallest absolute Gasteiger partial charge is 0.150 e. The number of nitrogens with zero attached hydrogens (tertiary/aromatic N) is 1. The van der Waals surface area contributed by atoms with E-state index in [0.29, 0.717) is 5.41 Å². The van der Waals surface area contributed by atoms with E-state index in [2.05, 4.69) is 29.9 Å². The van der Waals surface area contributed by atoms with E-state index in [4.69, 9.17) is 0 Å². The van der Waals surface area contributed by atoms with E-state index in [-0.39, 0.29) is 0 Å². The second kappa shape index (κ2) is 5.78. The summed E-state index contributed by atoms with van der Waals surface area (Å²) < 4.78 is 1.23. The number of hydrogen-bond donors (Lipinski definition) is 1. The lowest BCUT2D eigenvalue weighted by molar-refractivity contribution is 0.259. The Morgan fingerprint density at radius 3 is 2.75 bits per heavy atom. The van der Waals surface area contributed by atoms with E-state index in [9.17, 15) is 0 Å². The molecule has 0 amide bonds. The molecule has 0 saturated heterocycles. The topological polar surface area (TPSA) is 12.9 Å². The summed E-state index contributed by atoms with van der Waals surface area (Å²) in [5.41, 5.74) is 1.63. The molecule has 1 aliphatic rings. The number of rotatable bonds is 4. The summed E-state index contributed by atoms with van der Waals surface area (Å²) in [6.45, 7) is 2.07. The average molecular weight is 273 g/mol. The molecule has 0 spiro atoms. The number of aromatic nitrogens is 1. The van der Waals surface area contributed by atoms with Gasteiger partial charge in [0.05, 0.1) is 0 Å². The van der Waals surface area contributed by atoms with Gasteiger partial charge >= 0.3 is 0 Å². The van der Waals surface area contributed by atoms with Crippen molar-refractivity contribution < 1.29 is 0 Å². The van der Waals surface area contributed by atoms with Crippen LogP contribution in [-0.2, 0) is 0 Å². The van der Waals surface area contributed by atoms with E-state index in [1.54, 1.807) is 11.3 Å². The summed E-state index contributed by atoms with van der Waals surface area (Å²) in [4.78, 5) is 4.52. The maximum atomic E-state index is 4.57. The van der Waals surface area contributed by atoms with E-state index in [1.165, 1.54) is 42.2 Å². The van der Waals surface area contributed by atoms with Crippen molar-refractivity contribution >= 4 is 35.7 Å². The zero-order valence-electron chi connectivity index (χ0n) is 9.74. The Balaban J connectivity index is 1.91. The molecule has 1 fully saturated rings. The van der Waals surface area contributed by atoms with Gasteiger partial charge in [-0.3, -0.25) is 0 Å². The first kappa shape index (κ1) is 12.8. The normalized spacial score (nSPS) is 19.9. The van der Waals surface area contributed by atoms with Crippen LogP contribution >= 0.6 is 35.7 Å². The van der Waals surface area contributed by atoms with Crippen LogP contribution in [0.3, 0.4) is 0 Å². The Labute approximate surface area is 112 Å². The van der Waals surface area contributed by atoms with Crippen LogP contribution in [0.5, 0.6) is 0 Å². The highest BCUT2D eigenvalue weighted by Crippen LogP contribution is 2.41. The first-order valence-electron chi connectivity index (χ1n) is 5.90. The van der Waals surface area contributed by atoms with Crippen molar-refractivity contribution in [2.45, 2.75) is 43.4 Å². The molecule has 0 N–H and O–H groups in total. The quantitative estimate of drug-likeness (QED) is 0.644. The van der Waals surface area contributed by atoms with Crippen molar-refractivity contribution in [3.05, 3.63) is 11.1 Å². The van der Waals surface area contributed by atoms with Crippen molar-refractivity contribution in [3.63, 3.8) is 0 Å². The van der Waals surface area contributed by atoms with E-state index in [0.717, 1.165) is 11.4 Å². The maximum absolute atomic E-state index is 4.57. The van der Waals surface area contributed by atoms with Gasteiger partial charge in [-0.1, -0.05) is 31.0 Å². The van der Waals surface area contributed by atoms with Gasteiger partial charge in [-0.15, -0.1) is 11.3 Å². The Morgan fingerprint density at radius 1 is 1.44 bits per heavy atom. The zero-order chi connectivity index (χ0) is 11.4. The highest BCUT2D eigenvalue weighted by Gasteiger charge is 2.30. The molecule has 2 rings (SSSR count). The summed E-state index contributed by atoms with van der Waals surface area (Å²) >= 11 is 8.27. The molecule has 1 nitrogen and oxygen atoms in total. The van der Waals surface area contributed by atoms with Gasteiger partial charge in [-0.2, -0.15) is 12.6 Å². The monoisotopic (exact) mass is 273 g/mol. The summed E-state index contributed by atoms with van der Waals surface area (Å²) in [7, 11) is 0. The van der Waals surface area contributed by atoms with Crippen LogP contribution in [0.25, 0.3) is 0 Å². The molecule has 90 valence electrons. The van der Waals surface area contributed by atoms with Crippen LogP contribution in [0.2, 0.25) is 0 Å². The SMILES string of the molecule is Cc1csc(SCC2(CS)CCCCC2)n1. The summed E-state index contributed by atoms with van der Waals surface area (Å²) in [6.07, 6.45) is 6.90. The van der Waals surface area contributed by atoms with Crippen molar-refractivity contribution in [1.82, 2.24) is 4.98 Å². The van der Waals surface area contributed by atoms with Crippen molar-refractivity contribution in [3.8, 4) is 0 Å². The molecular formula is C12H19NS3. The highest BCUT2D eigenvalue weighted by atomic mass is 32.2. The fraction of sp³-hybridized carbons (Fsp3) is 0.750. The Bertz CT molecular complexity index is 329. The minimum absolute atomic E-state index is 0.478. The summed E-state index contributed by atoms with van der Waals surface area (Å²) in [5.74, 6) is 2.23. The second-order valence-corrected chi connectivity index (χ2v) is 7.16. The fourth-order valence-electron chi connectivity index (χ4n) is 2.26. The van der Waals surface area contributed by atoms with Crippen LogP contribution in [0, 0.1) is 12.3 Å². The van der Waals surface area contributed by atoms with Gasteiger partial charge in [-0.25, -0.2) is 4.98 Å². The van der Waals surface area contributed by atoms with Crippen molar-refractivity contribution in [2.75, 3.05) is 11.5 Å². The third-order valence-electron chi connectivity index (χ3n) is 3.35. The number of thiazole rings is 1. The van der Waals surface area contributed by atoms with Gasteiger partial charge in [0.25, 0.3) is 0 Å². The molecule has 1 aromatic heterocycles.